The summed E-state index contributed by atoms with van der Waals surface area (Å²) < 4.78 is 10.9. The third-order valence-electron chi connectivity index (χ3n) is 3.09. The zero-order valence-corrected chi connectivity index (χ0v) is 12.2. The van der Waals surface area contributed by atoms with Crippen molar-refractivity contribution in [3.05, 3.63) is 35.7 Å². The van der Waals surface area contributed by atoms with Gasteiger partial charge >= 0.3 is 0 Å². The molecular weight excluding hydrogens is 254 g/mol. The van der Waals surface area contributed by atoms with Gasteiger partial charge in [-0.05, 0) is 30.0 Å². The number of hydrogen-bond acceptors (Lipinski definition) is 5. The number of benzene rings is 1. The second-order valence-electron chi connectivity index (χ2n) is 4.88. The van der Waals surface area contributed by atoms with Gasteiger partial charge in [-0.25, -0.2) is 0 Å². The van der Waals surface area contributed by atoms with E-state index in [9.17, 15) is 0 Å². The van der Waals surface area contributed by atoms with Crippen molar-refractivity contribution in [3.8, 4) is 17.5 Å². The number of aromatic nitrogens is 2. The first kappa shape index (κ1) is 14.1. The summed E-state index contributed by atoms with van der Waals surface area (Å²) in [5, 5.41) is 0. The van der Waals surface area contributed by atoms with Crippen LogP contribution < -0.4 is 15.2 Å². The third-order valence-corrected chi connectivity index (χ3v) is 3.09. The van der Waals surface area contributed by atoms with Gasteiger partial charge in [0.25, 0.3) is 0 Å². The highest BCUT2D eigenvalue weighted by atomic mass is 16.5. The van der Waals surface area contributed by atoms with E-state index in [1.54, 1.807) is 0 Å². The summed E-state index contributed by atoms with van der Waals surface area (Å²) >= 11 is 0. The fraction of sp³-hybridized carbons (Fsp3) is 0.333. The van der Waals surface area contributed by atoms with Crippen LogP contribution in [0.3, 0.4) is 0 Å². The van der Waals surface area contributed by atoms with E-state index in [0.717, 1.165) is 11.3 Å². The molecule has 0 aliphatic rings. The molecule has 0 unspecified atom stereocenters. The molecular formula is C15H19N3O2. The van der Waals surface area contributed by atoms with E-state index in [2.05, 4.69) is 29.9 Å². The second kappa shape index (κ2) is 5.77. The van der Waals surface area contributed by atoms with E-state index >= 15 is 0 Å². The molecule has 2 aromatic rings. The Morgan fingerprint density at radius 3 is 2.50 bits per heavy atom. The lowest BCUT2D eigenvalue weighted by atomic mass is 10.0. The Morgan fingerprint density at radius 1 is 1.15 bits per heavy atom. The standard InChI is InChI=1S/C15H19N3O2/c1-9(2)11-6-5-10(3)12(7-11)20-15-13(16)14(19-4)17-8-18-15/h5-9H,16H2,1-4H3. The van der Waals surface area contributed by atoms with Crippen LogP contribution in [0.1, 0.15) is 30.9 Å². The maximum Gasteiger partial charge on any atom is 0.249 e. The highest BCUT2D eigenvalue weighted by Crippen LogP contribution is 2.33. The van der Waals surface area contributed by atoms with Gasteiger partial charge in [-0.1, -0.05) is 26.0 Å². The summed E-state index contributed by atoms with van der Waals surface area (Å²) in [5.74, 6) is 1.78. The number of anilines is 1. The Morgan fingerprint density at radius 2 is 1.85 bits per heavy atom. The topological polar surface area (TPSA) is 70.3 Å². The molecule has 0 aliphatic heterocycles. The Bertz CT molecular complexity index is 612. The zero-order chi connectivity index (χ0) is 14.7. The van der Waals surface area contributed by atoms with Crippen LogP contribution in [0, 0.1) is 6.92 Å². The predicted octanol–water partition coefficient (Wildman–Crippen LogP) is 3.29. The molecule has 106 valence electrons. The molecule has 0 radical (unpaired) electrons. The molecule has 0 atom stereocenters. The van der Waals surface area contributed by atoms with Crippen LogP contribution in [0.25, 0.3) is 0 Å². The molecule has 2 N–H and O–H groups in total. The van der Waals surface area contributed by atoms with Gasteiger partial charge in [0.05, 0.1) is 7.11 Å². The summed E-state index contributed by atoms with van der Waals surface area (Å²) in [6.45, 7) is 6.25. The fourth-order valence-corrected chi connectivity index (χ4v) is 1.80. The van der Waals surface area contributed by atoms with E-state index in [4.69, 9.17) is 15.2 Å². The molecule has 0 spiro atoms. The number of nitrogens with two attached hydrogens (primary N) is 1. The van der Waals surface area contributed by atoms with Crippen molar-refractivity contribution in [2.45, 2.75) is 26.7 Å². The Labute approximate surface area is 118 Å². The first-order valence-corrected chi connectivity index (χ1v) is 6.45. The van der Waals surface area contributed by atoms with Gasteiger partial charge in [0.1, 0.15) is 12.1 Å². The summed E-state index contributed by atoms with van der Waals surface area (Å²) in [6.07, 6.45) is 1.37. The lowest BCUT2D eigenvalue weighted by Crippen LogP contribution is -2.01. The van der Waals surface area contributed by atoms with E-state index in [1.165, 1.54) is 19.0 Å². The van der Waals surface area contributed by atoms with Gasteiger partial charge in [0.15, 0.2) is 5.69 Å². The highest BCUT2D eigenvalue weighted by molar-refractivity contribution is 5.57. The fourth-order valence-electron chi connectivity index (χ4n) is 1.80. The SMILES string of the molecule is COc1ncnc(Oc2cc(C(C)C)ccc2C)c1N. The summed E-state index contributed by atoms with van der Waals surface area (Å²) in [5.41, 5.74) is 8.43. The minimum atomic E-state index is 0.296. The summed E-state index contributed by atoms with van der Waals surface area (Å²) in [6, 6.07) is 6.13. The molecule has 0 saturated heterocycles. The van der Waals surface area contributed by atoms with Crippen LogP contribution >= 0.6 is 0 Å². The molecule has 0 amide bonds. The van der Waals surface area contributed by atoms with E-state index < -0.39 is 0 Å². The number of aryl methyl sites for hydroxylation is 1. The van der Waals surface area contributed by atoms with E-state index in [1.807, 2.05) is 19.1 Å². The maximum atomic E-state index is 5.91. The number of rotatable bonds is 4. The molecule has 1 aromatic heterocycles. The van der Waals surface area contributed by atoms with Crippen molar-refractivity contribution < 1.29 is 9.47 Å². The maximum absolute atomic E-state index is 5.91. The third kappa shape index (κ3) is 2.82. The quantitative estimate of drug-likeness (QED) is 0.925. The molecule has 2 rings (SSSR count). The zero-order valence-electron chi connectivity index (χ0n) is 12.2. The van der Waals surface area contributed by atoms with Crippen molar-refractivity contribution >= 4 is 5.69 Å². The van der Waals surface area contributed by atoms with Gasteiger partial charge in [-0.2, -0.15) is 9.97 Å². The van der Waals surface area contributed by atoms with Crippen molar-refractivity contribution in [1.29, 1.82) is 0 Å². The van der Waals surface area contributed by atoms with Gasteiger partial charge in [0.2, 0.25) is 11.8 Å². The van der Waals surface area contributed by atoms with Gasteiger partial charge in [-0.3, -0.25) is 0 Å². The van der Waals surface area contributed by atoms with Gasteiger partial charge in [0, 0.05) is 0 Å². The Hall–Kier alpha value is -2.30. The highest BCUT2D eigenvalue weighted by Gasteiger charge is 2.12. The Kier molecular flexibility index (Phi) is 4.08. The molecule has 0 bridgehead atoms. The number of hydrogen-bond donors (Lipinski definition) is 1. The van der Waals surface area contributed by atoms with Crippen LogP contribution in [0.5, 0.6) is 17.5 Å². The van der Waals surface area contributed by atoms with Crippen LogP contribution in [0.4, 0.5) is 5.69 Å². The number of nitrogen functional groups attached to an aromatic ring is 1. The summed E-state index contributed by atoms with van der Waals surface area (Å²) in [7, 11) is 1.51. The molecule has 0 fully saturated rings. The van der Waals surface area contributed by atoms with Crippen LogP contribution in [-0.2, 0) is 0 Å². The number of methoxy groups -OCH3 is 1. The molecule has 0 saturated carbocycles. The normalized spacial score (nSPS) is 10.7. The molecule has 5 nitrogen and oxygen atoms in total. The van der Waals surface area contributed by atoms with Crippen molar-refractivity contribution in [3.63, 3.8) is 0 Å². The predicted molar refractivity (Wildman–Crippen MR) is 78.3 cm³/mol. The molecule has 1 aromatic carbocycles. The minimum absolute atomic E-state index is 0.296. The number of nitrogens with zero attached hydrogens (tertiary/aromatic N) is 2. The lowest BCUT2D eigenvalue weighted by molar-refractivity contribution is 0.391. The van der Waals surface area contributed by atoms with Crippen LogP contribution in [-0.4, -0.2) is 17.1 Å². The lowest BCUT2D eigenvalue weighted by Gasteiger charge is -2.13. The van der Waals surface area contributed by atoms with Gasteiger partial charge < -0.3 is 15.2 Å². The number of ether oxygens (including phenoxy) is 2. The van der Waals surface area contributed by atoms with Crippen LogP contribution in [0.15, 0.2) is 24.5 Å². The van der Waals surface area contributed by atoms with Crippen molar-refractivity contribution in [2.24, 2.45) is 0 Å². The van der Waals surface area contributed by atoms with Crippen molar-refractivity contribution in [2.75, 3.05) is 12.8 Å². The average molecular weight is 273 g/mol. The first-order valence-electron chi connectivity index (χ1n) is 6.45. The van der Waals surface area contributed by atoms with Gasteiger partial charge in [-0.15, -0.1) is 0 Å². The second-order valence-corrected chi connectivity index (χ2v) is 4.88. The van der Waals surface area contributed by atoms with Crippen molar-refractivity contribution in [1.82, 2.24) is 9.97 Å². The Balaban J connectivity index is 2.37. The van der Waals surface area contributed by atoms with E-state index in [0.29, 0.717) is 23.4 Å². The largest absolute Gasteiger partial charge is 0.479 e. The minimum Gasteiger partial charge on any atom is -0.479 e. The smallest absolute Gasteiger partial charge is 0.249 e. The summed E-state index contributed by atoms with van der Waals surface area (Å²) in [4.78, 5) is 7.99. The van der Waals surface area contributed by atoms with Crippen LogP contribution in [0.2, 0.25) is 0 Å². The molecule has 20 heavy (non-hydrogen) atoms. The molecule has 0 aliphatic carbocycles. The first-order chi connectivity index (χ1) is 9.52. The molecule has 1 heterocycles. The monoisotopic (exact) mass is 273 g/mol. The molecule has 5 heteroatoms. The van der Waals surface area contributed by atoms with E-state index in [-0.39, 0.29) is 0 Å². The average Bonchev–Trinajstić information content (AvgIpc) is 2.43.